The molecule has 104 valence electrons. The number of halogens is 1. The third-order valence-corrected chi connectivity index (χ3v) is 5.11. The summed E-state index contributed by atoms with van der Waals surface area (Å²) in [5, 5.41) is 0. The number of nitrogens with zero attached hydrogens (tertiary/aromatic N) is 1. The molecule has 3 rings (SSSR count). The third-order valence-electron chi connectivity index (χ3n) is 4.22. The van der Waals surface area contributed by atoms with Gasteiger partial charge in [0.05, 0.1) is 17.5 Å². The molecule has 0 saturated carbocycles. The van der Waals surface area contributed by atoms with Gasteiger partial charge in [-0.3, -0.25) is 14.5 Å². The summed E-state index contributed by atoms with van der Waals surface area (Å²) < 4.78 is 0.982. The van der Waals surface area contributed by atoms with Crippen molar-refractivity contribution in [3.63, 3.8) is 0 Å². The molecular formula is C16H16BrNO2. The number of hydrogen-bond donors (Lipinski definition) is 0. The normalized spacial score (nSPS) is 25.8. The average Bonchev–Trinajstić information content (AvgIpc) is 2.65. The van der Waals surface area contributed by atoms with Crippen LogP contribution in [0.5, 0.6) is 0 Å². The van der Waals surface area contributed by atoms with E-state index in [1.165, 1.54) is 10.5 Å². The van der Waals surface area contributed by atoms with E-state index in [2.05, 4.69) is 22.0 Å². The second-order valence-corrected chi connectivity index (χ2v) is 6.50. The molecule has 1 aromatic rings. The van der Waals surface area contributed by atoms with Crippen LogP contribution in [0.2, 0.25) is 0 Å². The highest BCUT2D eigenvalue weighted by Gasteiger charge is 2.48. The number of fused-ring (bicyclic) bond motifs is 1. The summed E-state index contributed by atoms with van der Waals surface area (Å²) in [7, 11) is 0. The lowest BCUT2D eigenvalue weighted by atomic mass is 9.82. The van der Waals surface area contributed by atoms with Crippen LogP contribution in [0.4, 0.5) is 5.69 Å². The van der Waals surface area contributed by atoms with Gasteiger partial charge in [0.15, 0.2) is 0 Å². The van der Waals surface area contributed by atoms with Crippen LogP contribution in [0.1, 0.15) is 25.3 Å². The molecule has 1 saturated heterocycles. The zero-order valence-electron chi connectivity index (χ0n) is 11.5. The summed E-state index contributed by atoms with van der Waals surface area (Å²) in [6.07, 6.45) is 3.48. The number of anilines is 1. The fourth-order valence-electron chi connectivity index (χ4n) is 3.06. The van der Waals surface area contributed by atoms with Crippen LogP contribution in [-0.2, 0) is 9.59 Å². The Morgan fingerprint density at radius 3 is 2.55 bits per heavy atom. The van der Waals surface area contributed by atoms with Crippen molar-refractivity contribution in [1.82, 2.24) is 0 Å². The Labute approximate surface area is 126 Å². The zero-order valence-corrected chi connectivity index (χ0v) is 13.1. The first kappa shape index (κ1) is 13.6. The van der Waals surface area contributed by atoms with E-state index in [9.17, 15) is 9.59 Å². The van der Waals surface area contributed by atoms with Crippen molar-refractivity contribution < 1.29 is 9.59 Å². The largest absolute Gasteiger partial charge is 0.274 e. The van der Waals surface area contributed by atoms with E-state index in [0.29, 0.717) is 18.5 Å². The Kier molecular flexibility index (Phi) is 3.28. The minimum atomic E-state index is -0.171. The van der Waals surface area contributed by atoms with Gasteiger partial charge >= 0.3 is 0 Å². The molecular weight excluding hydrogens is 318 g/mol. The summed E-state index contributed by atoms with van der Waals surface area (Å²) in [6, 6.07) is 5.60. The monoisotopic (exact) mass is 333 g/mol. The summed E-state index contributed by atoms with van der Waals surface area (Å²) in [6.45, 7) is 3.98. The van der Waals surface area contributed by atoms with E-state index in [1.807, 2.05) is 32.0 Å². The van der Waals surface area contributed by atoms with Crippen LogP contribution in [0, 0.1) is 18.8 Å². The summed E-state index contributed by atoms with van der Waals surface area (Å²) >= 11 is 3.44. The lowest BCUT2D eigenvalue weighted by molar-refractivity contribution is -0.122. The molecule has 3 nitrogen and oxygen atoms in total. The second kappa shape index (κ2) is 4.85. The van der Waals surface area contributed by atoms with Gasteiger partial charge in [0.1, 0.15) is 0 Å². The van der Waals surface area contributed by atoms with Gasteiger partial charge in [-0.1, -0.05) is 27.6 Å². The molecule has 0 N–H and O–H groups in total. The molecule has 1 aliphatic heterocycles. The molecule has 0 radical (unpaired) electrons. The predicted molar refractivity (Wildman–Crippen MR) is 81.3 cm³/mol. The van der Waals surface area contributed by atoms with Gasteiger partial charge in [0, 0.05) is 4.47 Å². The number of rotatable bonds is 1. The number of allylic oxidation sites excluding steroid dienone is 2. The number of carbonyl (C=O) groups excluding carboxylic acids is 2. The van der Waals surface area contributed by atoms with Crippen molar-refractivity contribution in [1.29, 1.82) is 0 Å². The number of amides is 2. The Bertz CT molecular complexity index is 635. The number of benzene rings is 1. The molecule has 20 heavy (non-hydrogen) atoms. The highest BCUT2D eigenvalue weighted by Crippen LogP contribution is 2.40. The van der Waals surface area contributed by atoms with Crippen molar-refractivity contribution in [3.8, 4) is 0 Å². The molecule has 0 aromatic heterocycles. The highest BCUT2D eigenvalue weighted by molar-refractivity contribution is 9.10. The minimum absolute atomic E-state index is 0.0471. The fourth-order valence-corrected chi connectivity index (χ4v) is 3.31. The Morgan fingerprint density at radius 2 is 1.85 bits per heavy atom. The van der Waals surface area contributed by atoms with Gasteiger partial charge in [-0.15, -0.1) is 0 Å². The SMILES string of the molecule is CC1=CC[C@@H]2C(=O)N(c3ccc(Br)c(C)c3)C(=O)[C@H]2C1. The zero-order chi connectivity index (χ0) is 14.4. The van der Waals surface area contributed by atoms with Gasteiger partial charge in [0.2, 0.25) is 11.8 Å². The maximum atomic E-state index is 12.6. The van der Waals surface area contributed by atoms with Gasteiger partial charge in [-0.2, -0.15) is 0 Å². The van der Waals surface area contributed by atoms with Gasteiger partial charge in [-0.05, 0) is 50.5 Å². The van der Waals surface area contributed by atoms with E-state index in [4.69, 9.17) is 0 Å². The van der Waals surface area contributed by atoms with E-state index in [1.54, 1.807) is 0 Å². The molecule has 2 aliphatic rings. The predicted octanol–water partition coefficient (Wildman–Crippen LogP) is 3.60. The van der Waals surface area contributed by atoms with Crippen LogP contribution in [0.15, 0.2) is 34.3 Å². The first-order valence-corrected chi connectivity index (χ1v) is 7.58. The number of aryl methyl sites for hydroxylation is 1. The van der Waals surface area contributed by atoms with Gasteiger partial charge < -0.3 is 0 Å². The van der Waals surface area contributed by atoms with E-state index in [0.717, 1.165) is 10.0 Å². The molecule has 0 unspecified atom stereocenters. The molecule has 4 heteroatoms. The van der Waals surface area contributed by atoms with E-state index >= 15 is 0 Å². The van der Waals surface area contributed by atoms with Crippen LogP contribution in [0.3, 0.4) is 0 Å². The van der Waals surface area contributed by atoms with Crippen molar-refractivity contribution in [2.45, 2.75) is 26.7 Å². The first-order valence-electron chi connectivity index (χ1n) is 6.78. The van der Waals surface area contributed by atoms with Crippen molar-refractivity contribution in [3.05, 3.63) is 39.9 Å². The molecule has 2 amide bonds. The summed E-state index contributed by atoms with van der Waals surface area (Å²) in [5.74, 6) is -0.439. The Hall–Kier alpha value is -1.42. The third kappa shape index (κ3) is 2.03. The quantitative estimate of drug-likeness (QED) is 0.581. The maximum absolute atomic E-state index is 12.6. The van der Waals surface area contributed by atoms with Crippen molar-refractivity contribution in [2.75, 3.05) is 4.90 Å². The number of carbonyl (C=O) groups is 2. The number of hydrogen-bond acceptors (Lipinski definition) is 2. The van der Waals surface area contributed by atoms with Crippen LogP contribution < -0.4 is 4.90 Å². The van der Waals surface area contributed by atoms with E-state index in [-0.39, 0.29) is 23.7 Å². The summed E-state index contributed by atoms with van der Waals surface area (Å²) in [5.41, 5.74) is 2.92. The molecule has 1 fully saturated rings. The van der Waals surface area contributed by atoms with Crippen LogP contribution in [-0.4, -0.2) is 11.8 Å². The lowest BCUT2D eigenvalue weighted by Crippen LogP contribution is -2.30. The van der Waals surface area contributed by atoms with E-state index < -0.39 is 0 Å². The first-order chi connectivity index (χ1) is 9.49. The lowest BCUT2D eigenvalue weighted by Gasteiger charge is -2.18. The highest BCUT2D eigenvalue weighted by atomic mass is 79.9. The van der Waals surface area contributed by atoms with Gasteiger partial charge in [0.25, 0.3) is 0 Å². The standard InChI is InChI=1S/C16H16BrNO2/c1-9-3-5-12-13(7-9)16(20)18(15(12)19)11-4-6-14(17)10(2)8-11/h3-4,6,8,12-13H,5,7H2,1-2H3/t12-,13-/m0/s1. The smallest absolute Gasteiger partial charge is 0.238 e. The minimum Gasteiger partial charge on any atom is -0.274 e. The second-order valence-electron chi connectivity index (χ2n) is 5.65. The molecule has 1 aliphatic carbocycles. The van der Waals surface area contributed by atoms with Gasteiger partial charge in [-0.25, -0.2) is 0 Å². The maximum Gasteiger partial charge on any atom is 0.238 e. The molecule has 1 heterocycles. The Balaban J connectivity index is 1.97. The van der Waals surface area contributed by atoms with Crippen LogP contribution in [0.25, 0.3) is 0 Å². The molecule has 0 spiro atoms. The number of imide groups is 1. The van der Waals surface area contributed by atoms with Crippen LogP contribution >= 0.6 is 15.9 Å². The van der Waals surface area contributed by atoms with Crippen molar-refractivity contribution in [2.24, 2.45) is 11.8 Å². The Morgan fingerprint density at radius 1 is 1.15 bits per heavy atom. The molecule has 0 bridgehead atoms. The fraction of sp³-hybridized carbons (Fsp3) is 0.375. The average molecular weight is 334 g/mol. The summed E-state index contributed by atoms with van der Waals surface area (Å²) in [4.78, 5) is 26.5. The molecule has 1 aromatic carbocycles. The topological polar surface area (TPSA) is 37.4 Å². The molecule has 2 atom stereocenters. The van der Waals surface area contributed by atoms with Crippen molar-refractivity contribution >= 4 is 33.4 Å².